The first-order chi connectivity index (χ1) is 12.8. The van der Waals surface area contributed by atoms with E-state index in [1.54, 1.807) is 36.8 Å². The molecule has 0 aliphatic carbocycles. The molecule has 26 heavy (non-hydrogen) atoms. The molecule has 3 aromatic heterocycles. The van der Waals surface area contributed by atoms with Crippen LogP contribution < -0.4 is 5.32 Å². The number of rotatable bonds is 5. The van der Waals surface area contributed by atoms with Crippen LogP contribution in [0.5, 0.6) is 0 Å². The number of hydrogen-bond acceptors (Lipinski definition) is 6. The second-order valence-corrected chi connectivity index (χ2v) is 6.32. The molecule has 134 valence electrons. The van der Waals surface area contributed by atoms with Crippen molar-refractivity contribution in [1.29, 1.82) is 0 Å². The first-order valence-corrected chi connectivity index (χ1v) is 8.64. The summed E-state index contributed by atoms with van der Waals surface area (Å²) in [7, 11) is 0. The molecule has 0 spiro atoms. The summed E-state index contributed by atoms with van der Waals surface area (Å²) in [6.45, 7) is 2.70. The van der Waals surface area contributed by atoms with E-state index in [0.29, 0.717) is 24.8 Å². The van der Waals surface area contributed by atoms with Crippen LogP contribution in [0.4, 0.5) is 5.95 Å². The molecule has 0 aromatic carbocycles. The van der Waals surface area contributed by atoms with Gasteiger partial charge in [-0.05, 0) is 36.6 Å². The summed E-state index contributed by atoms with van der Waals surface area (Å²) >= 11 is 0. The number of hydrogen-bond donors (Lipinski definition) is 1. The fourth-order valence-corrected chi connectivity index (χ4v) is 3.20. The van der Waals surface area contributed by atoms with Gasteiger partial charge in [0.05, 0.1) is 18.5 Å². The summed E-state index contributed by atoms with van der Waals surface area (Å²) in [6.07, 6.45) is 7.60. The average Bonchev–Trinajstić information content (AvgIpc) is 3.31. The van der Waals surface area contributed by atoms with Crippen molar-refractivity contribution in [3.63, 3.8) is 0 Å². The lowest BCUT2D eigenvalue weighted by Crippen LogP contribution is -2.34. The number of carbonyl (C=O) groups excluding carboxylic acids is 1. The molecule has 1 atom stereocenters. The first-order valence-electron chi connectivity index (χ1n) is 8.64. The maximum Gasteiger partial charge on any atom is 0.289 e. The average molecular weight is 352 g/mol. The Morgan fingerprint density at radius 3 is 2.88 bits per heavy atom. The minimum absolute atomic E-state index is 0.0889. The summed E-state index contributed by atoms with van der Waals surface area (Å²) in [6, 6.07) is 7.18. The molecule has 1 aliphatic heterocycles. The number of fused-ring (bicyclic) bond motifs is 1. The predicted octanol–water partition coefficient (Wildman–Crippen LogP) is 2.04. The van der Waals surface area contributed by atoms with Crippen LogP contribution in [-0.4, -0.2) is 43.6 Å². The highest BCUT2D eigenvalue weighted by molar-refractivity contribution is 5.91. The van der Waals surface area contributed by atoms with Gasteiger partial charge in [-0.15, -0.1) is 0 Å². The van der Waals surface area contributed by atoms with Gasteiger partial charge in [-0.2, -0.15) is 5.10 Å². The maximum absolute atomic E-state index is 12.8. The molecule has 1 aliphatic rings. The number of furan rings is 1. The second-order valence-electron chi connectivity index (χ2n) is 6.32. The number of nitrogens with one attached hydrogen (secondary N) is 1. The first kappa shape index (κ1) is 16.3. The molecule has 0 saturated heterocycles. The topological polar surface area (TPSA) is 89.1 Å². The second kappa shape index (κ2) is 7.38. The lowest BCUT2D eigenvalue weighted by molar-refractivity contribution is 0.0687. The van der Waals surface area contributed by atoms with Crippen molar-refractivity contribution < 1.29 is 9.21 Å². The Morgan fingerprint density at radius 1 is 1.19 bits per heavy atom. The van der Waals surface area contributed by atoms with Crippen LogP contribution in [0, 0.1) is 5.92 Å². The predicted molar refractivity (Wildman–Crippen MR) is 94.3 cm³/mol. The van der Waals surface area contributed by atoms with Crippen molar-refractivity contribution in [1.82, 2.24) is 24.6 Å². The van der Waals surface area contributed by atoms with Crippen LogP contribution in [0.1, 0.15) is 22.7 Å². The highest BCUT2D eigenvalue weighted by atomic mass is 16.3. The fraction of sp³-hybridized carbons (Fsp3) is 0.333. The van der Waals surface area contributed by atoms with Crippen molar-refractivity contribution in [2.24, 2.45) is 5.92 Å². The minimum Gasteiger partial charge on any atom is -0.459 e. The Balaban J connectivity index is 1.45. The molecule has 0 unspecified atom stereocenters. The molecule has 0 fully saturated rings. The van der Waals surface area contributed by atoms with Crippen molar-refractivity contribution in [3.05, 3.63) is 60.6 Å². The lowest BCUT2D eigenvalue weighted by Gasteiger charge is -2.23. The molecule has 0 saturated carbocycles. The van der Waals surface area contributed by atoms with Gasteiger partial charge in [0.2, 0.25) is 5.95 Å². The minimum atomic E-state index is -0.0889. The Morgan fingerprint density at radius 2 is 2.08 bits per heavy atom. The quantitative estimate of drug-likeness (QED) is 0.756. The Hall–Kier alpha value is -3.16. The van der Waals surface area contributed by atoms with Crippen molar-refractivity contribution in [2.45, 2.75) is 19.5 Å². The third-order valence-electron chi connectivity index (χ3n) is 4.49. The Labute approximate surface area is 150 Å². The van der Waals surface area contributed by atoms with Gasteiger partial charge in [-0.25, -0.2) is 9.97 Å². The van der Waals surface area contributed by atoms with E-state index in [1.165, 1.54) is 6.26 Å². The summed E-state index contributed by atoms with van der Waals surface area (Å²) in [5.41, 5.74) is 1.03. The molecule has 8 heteroatoms. The van der Waals surface area contributed by atoms with Gasteiger partial charge in [0.25, 0.3) is 5.91 Å². The fourth-order valence-electron chi connectivity index (χ4n) is 3.20. The van der Waals surface area contributed by atoms with Gasteiger partial charge in [-0.3, -0.25) is 9.48 Å². The van der Waals surface area contributed by atoms with E-state index in [4.69, 9.17) is 4.42 Å². The van der Waals surface area contributed by atoms with Gasteiger partial charge >= 0.3 is 0 Å². The summed E-state index contributed by atoms with van der Waals surface area (Å²) in [5.74, 6) is 1.16. The molecular weight excluding hydrogens is 332 g/mol. The third-order valence-corrected chi connectivity index (χ3v) is 4.49. The van der Waals surface area contributed by atoms with E-state index >= 15 is 0 Å². The number of amides is 1. The van der Waals surface area contributed by atoms with Crippen LogP contribution in [0.2, 0.25) is 0 Å². The Kier molecular flexibility index (Phi) is 4.63. The smallest absolute Gasteiger partial charge is 0.289 e. The van der Waals surface area contributed by atoms with E-state index in [9.17, 15) is 4.79 Å². The van der Waals surface area contributed by atoms with Crippen LogP contribution in [0.25, 0.3) is 0 Å². The zero-order valence-electron chi connectivity index (χ0n) is 14.3. The van der Waals surface area contributed by atoms with E-state index in [1.807, 2.05) is 15.6 Å². The van der Waals surface area contributed by atoms with Crippen molar-refractivity contribution >= 4 is 11.9 Å². The van der Waals surface area contributed by atoms with Gasteiger partial charge < -0.3 is 14.6 Å². The highest BCUT2D eigenvalue weighted by Gasteiger charge is 2.27. The van der Waals surface area contributed by atoms with Gasteiger partial charge in [0.15, 0.2) is 5.76 Å². The SMILES string of the molecule is O=C(c1ccco1)N1Cc2ccnn2C[C@@H](CCNc2ncccn2)C1. The number of aromatic nitrogens is 4. The zero-order chi connectivity index (χ0) is 17.8. The zero-order valence-corrected chi connectivity index (χ0v) is 14.3. The summed E-state index contributed by atoms with van der Waals surface area (Å²) < 4.78 is 7.28. The Bertz CT molecular complexity index is 846. The molecule has 4 rings (SSSR count). The van der Waals surface area contributed by atoms with Gasteiger partial charge in [0, 0.05) is 38.2 Å². The van der Waals surface area contributed by atoms with E-state index in [2.05, 4.69) is 20.4 Å². The normalized spacial score (nSPS) is 16.8. The monoisotopic (exact) mass is 352 g/mol. The van der Waals surface area contributed by atoms with E-state index in [0.717, 1.165) is 25.2 Å². The molecule has 0 bridgehead atoms. The standard InChI is InChI=1S/C18H20N6O2/c25-17(16-3-1-10-26-16)23-11-14(12-24-15(13-23)5-9-22-24)4-8-21-18-19-6-2-7-20-18/h1-3,5-7,9-10,14H,4,8,11-13H2,(H,19,20,21)/t14-/m0/s1. The molecule has 1 N–H and O–H groups in total. The van der Waals surface area contributed by atoms with Gasteiger partial charge in [0.1, 0.15) is 0 Å². The number of carbonyl (C=O) groups is 1. The van der Waals surface area contributed by atoms with Crippen molar-refractivity contribution in [3.8, 4) is 0 Å². The molecule has 0 radical (unpaired) electrons. The van der Waals surface area contributed by atoms with E-state index in [-0.39, 0.29) is 11.8 Å². The lowest BCUT2D eigenvalue weighted by atomic mass is 10.1. The van der Waals surface area contributed by atoms with Crippen LogP contribution >= 0.6 is 0 Å². The molecule has 4 heterocycles. The number of anilines is 1. The highest BCUT2D eigenvalue weighted by Crippen LogP contribution is 2.20. The van der Waals surface area contributed by atoms with Crippen molar-refractivity contribution in [2.75, 3.05) is 18.4 Å². The third kappa shape index (κ3) is 3.58. The van der Waals surface area contributed by atoms with Crippen LogP contribution in [-0.2, 0) is 13.1 Å². The van der Waals surface area contributed by atoms with Gasteiger partial charge in [-0.1, -0.05) is 0 Å². The molecule has 1 amide bonds. The molecule has 3 aromatic rings. The largest absolute Gasteiger partial charge is 0.459 e. The number of nitrogens with zero attached hydrogens (tertiary/aromatic N) is 5. The molecular formula is C18H20N6O2. The van der Waals surface area contributed by atoms with Crippen LogP contribution in [0.3, 0.4) is 0 Å². The molecule has 8 nitrogen and oxygen atoms in total. The van der Waals surface area contributed by atoms with E-state index < -0.39 is 0 Å². The summed E-state index contributed by atoms with van der Waals surface area (Å²) in [4.78, 5) is 22.9. The maximum atomic E-state index is 12.8. The summed E-state index contributed by atoms with van der Waals surface area (Å²) in [5, 5.41) is 7.63. The van der Waals surface area contributed by atoms with Crippen LogP contribution in [0.15, 0.2) is 53.5 Å².